The molecule has 2 N–H and O–H groups in total. The summed E-state index contributed by atoms with van der Waals surface area (Å²) in [5.41, 5.74) is 7.80. The Morgan fingerprint density at radius 2 is 1.90 bits per heavy atom. The van der Waals surface area contributed by atoms with E-state index >= 15 is 0 Å². The lowest BCUT2D eigenvalue weighted by Gasteiger charge is -2.16. The molecule has 0 saturated carbocycles. The Labute approximate surface area is 172 Å². The van der Waals surface area contributed by atoms with Crippen LogP contribution in [0.5, 0.6) is 0 Å². The van der Waals surface area contributed by atoms with Gasteiger partial charge in [0.05, 0.1) is 11.7 Å². The molecule has 29 heavy (non-hydrogen) atoms. The summed E-state index contributed by atoms with van der Waals surface area (Å²) in [5, 5.41) is 21.3. The highest BCUT2D eigenvalue weighted by Gasteiger charge is 2.14. The molecule has 0 aliphatic carbocycles. The first-order valence-electron chi connectivity index (χ1n) is 9.36. The Hall–Kier alpha value is -3.44. The molecule has 0 spiro atoms. The van der Waals surface area contributed by atoms with Gasteiger partial charge in [-0.25, -0.2) is 4.79 Å². The van der Waals surface area contributed by atoms with E-state index in [2.05, 4.69) is 64.3 Å². The van der Waals surface area contributed by atoms with Crippen LogP contribution in [0.15, 0.2) is 71.6 Å². The van der Waals surface area contributed by atoms with E-state index < -0.39 is 5.97 Å². The lowest BCUT2D eigenvalue weighted by Crippen LogP contribution is -1.94. The molecule has 2 aromatic heterocycles. The SMILES string of the molecule is CC/C(=C(/c1ccc(/C=C/C(=O)O)cc1)c1ccc2[nH]ncc2c1)c1ccsc1. The first kappa shape index (κ1) is 18.9. The first-order chi connectivity index (χ1) is 14.2. The number of carbonyl (C=O) groups is 1. The van der Waals surface area contributed by atoms with Gasteiger partial charge in [0, 0.05) is 11.5 Å². The quantitative estimate of drug-likeness (QED) is 0.385. The van der Waals surface area contributed by atoms with Gasteiger partial charge >= 0.3 is 5.97 Å². The molecule has 2 heterocycles. The maximum atomic E-state index is 10.8. The summed E-state index contributed by atoms with van der Waals surface area (Å²) in [4.78, 5) is 10.8. The van der Waals surface area contributed by atoms with Crippen LogP contribution in [0, 0.1) is 0 Å². The third kappa shape index (κ3) is 4.05. The van der Waals surface area contributed by atoms with Crippen molar-refractivity contribution in [1.29, 1.82) is 0 Å². The molecule has 4 aromatic rings. The maximum absolute atomic E-state index is 10.8. The molecule has 0 atom stereocenters. The van der Waals surface area contributed by atoms with Crippen LogP contribution in [0.1, 0.15) is 35.6 Å². The lowest BCUT2D eigenvalue weighted by atomic mass is 9.88. The molecule has 0 aliphatic rings. The molecule has 4 rings (SSSR count). The number of carboxylic acids is 1. The Morgan fingerprint density at radius 1 is 1.10 bits per heavy atom. The second kappa shape index (κ2) is 8.29. The van der Waals surface area contributed by atoms with E-state index in [1.165, 1.54) is 16.7 Å². The summed E-state index contributed by atoms with van der Waals surface area (Å²) in [6.45, 7) is 2.17. The fraction of sp³-hybridized carbons (Fsp3) is 0.0833. The van der Waals surface area contributed by atoms with Crippen molar-refractivity contribution in [3.05, 3.63) is 93.8 Å². The number of hydrogen-bond acceptors (Lipinski definition) is 3. The predicted octanol–water partition coefficient (Wildman–Crippen LogP) is 6.09. The van der Waals surface area contributed by atoms with Crippen LogP contribution in [0.3, 0.4) is 0 Å². The van der Waals surface area contributed by atoms with Crippen LogP contribution in [-0.2, 0) is 4.79 Å². The number of fused-ring (bicyclic) bond motifs is 1. The number of benzene rings is 2. The zero-order valence-corrected chi connectivity index (χ0v) is 16.7. The van der Waals surface area contributed by atoms with Crippen molar-refractivity contribution in [3.63, 3.8) is 0 Å². The average Bonchev–Trinajstić information content (AvgIpc) is 3.42. The van der Waals surface area contributed by atoms with E-state index in [1.54, 1.807) is 17.4 Å². The Kier molecular flexibility index (Phi) is 5.40. The van der Waals surface area contributed by atoms with Crippen molar-refractivity contribution in [1.82, 2.24) is 10.2 Å². The summed E-state index contributed by atoms with van der Waals surface area (Å²) in [6, 6.07) is 16.5. The number of aromatic amines is 1. The summed E-state index contributed by atoms with van der Waals surface area (Å²) in [7, 11) is 0. The number of thiophene rings is 1. The number of hydrogen-bond donors (Lipinski definition) is 2. The highest BCUT2D eigenvalue weighted by atomic mass is 32.1. The molecule has 4 nitrogen and oxygen atoms in total. The summed E-state index contributed by atoms with van der Waals surface area (Å²) in [5.74, 6) is -0.950. The maximum Gasteiger partial charge on any atom is 0.328 e. The van der Waals surface area contributed by atoms with Crippen molar-refractivity contribution in [2.75, 3.05) is 0 Å². The van der Waals surface area contributed by atoms with E-state index in [0.29, 0.717) is 0 Å². The van der Waals surface area contributed by atoms with Crippen LogP contribution < -0.4 is 0 Å². The van der Waals surface area contributed by atoms with Crippen LogP contribution in [0.2, 0.25) is 0 Å². The molecule has 5 heteroatoms. The molecule has 144 valence electrons. The van der Waals surface area contributed by atoms with Gasteiger partial charge in [0.2, 0.25) is 0 Å². The average molecular weight is 401 g/mol. The summed E-state index contributed by atoms with van der Waals surface area (Å²) in [6.07, 6.45) is 5.50. The van der Waals surface area contributed by atoms with Gasteiger partial charge in [-0.1, -0.05) is 37.3 Å². The largest absolute Gasteiger partial charge is 0.478 e. The van der Waals surface area contributed by atoms with Gasteiger partial charge in [0.15, 0.2) is 0 Å². The predicted molar refractivity (Wildman–Crippen MR) is 120 cm³/mol. The van der Waals surface area contributed by atoms with Crippen LogP contribution in [0.25, 0.3) is 28.1 Å². The van der Waals surface area contributed by atoms with Gasteiger partial charge < -0.3 is 5.11 Å². The van der Waals surface area contributed by atoms with Gasteiger partial charge in [-0.05, 0) is 74.9 Å². The second-order valence-corrected chi connectivity index (χ2v) is 7.46. The van der Waals surface area contributed by atoms with Crippen molar-refractivity contribution in [2.45, 2.75) is 13.3 Å². The fourth-order valence-electron chi connectivity index (χ4n) is 3.50. The van der Waals surface area contributed by atoms with Gasteiger partial charge in [0.25, 0.3) is 0 Å². The van der Waals surface area contributed by atoms with Crippen LogP contribution in [-0.4, -0.2) is 21.3 Å². The molecule has 0 amide bonds. The zero-order chi connectivity index (χ0) is 20.2. The fourth-order valence-corrected chi connectivity index (χ4v) is 4.17. The van der Waals surface area contributed by atoms with E-state index in [-0.39, 0.29) is 0 Å². The highest BCUT2D eigenvalue weighted by molar-refractivity contribution is 7.08. The molecular weight excluding hydrogens is 380 g/mol. The first-order valence-corrected chi connectivity index (χ1v) is 10.3. The third-order valence-corrected chi connectivity index (χ3v) is 5.55. The van der Waals surface area contributed by atoms with Gasteiger partial charge in [-0.15, -0.1) is 0 Å². The van der Waals surface area contributed by atoms with E-state index in [9.17, 15) is 4.79 Å². The summed E-state index contributed by atoms with van der Waals surface area (Å²) >= 11 is 1.69. The van der Waals surface area contributed by atoms with Crippen LogP contribution in [0.4, 0.5) is 0 Å². The summed E-state index contributed by atoms with van der Waals surface area (Å²) < 4.78 is 0. The number of rotatable bonds is 6. The topological polar surface area (TPSA) is 66.0 Å². The Bertz CT molecular complexity index is 1200. The van der Waals surface area contributed by atoms with Gasteiger partial charge in [0.1, 0.15) is 0 Å². The molecule has 0 aliphatic heterocycles. The Morgan fingerprint density at radius 3 is 2.59 bits per heavy atom. The minimum absolute atomic E-state index is 0.856. The minimum Gasteiger partial charge on any atom is -0.478 e. The number of carboxylic acid groups (broad SMARTS) is 1. The Balaban J connectivity index is 1.87. The number of nitrogens with one attached hydrogen (secondary N) is 1. The second-order valence-electron chi connectivity index (χ2n) is 6.68. The number of H-pyrrole nitrogens is 1. The molecule has 2 aromatic carbocycles. The normalized spacial score (nSPS) is 12.4. The van der Waals surface area contributed by atoms with Crippen molar-refractivity contribution in [3.8, 4) is 0 Å². The minimum atomic E-state index is -0.950. The molecule has 0 bridgehead atoms. The lowest BCUT2D eigenvalue weighted by molar-refractivity contribution is -0.131. The number of aliphatic carboxylic acids is 1. The number of aromatic nitrogens is 2. The van der Waals surface area contributed by atoms with Gasteiger partial charge in [-0.3, -0.25) is 5.10 Å². The molecule has 0 unspecified atom stereocenters. The van der Waals surface area contributed by atoms with E-state index in [4.69, 9.17) is 5.11 Å². The van der Waals surface area contributed by atoms with Crippen molar-refractivity contribution < 1.29 is 9.90 Å². The molecule has 0 fully saturated rings. The molecular formula is C24H20N2O2S. The van der Waals surface area contributed by atoms with Crippen LogP contribution >= 0.6 is 11.3 Å². The van der Waals surface area contributed by atoms with Gasteiger partial charge in [-0.2, -0.15) is 16.4 Å². The van der Waals surface area contributed by atoms with Crippen molar-refractivity contribution in [2.24, 2.45) is 0 Å². The third-order valence-electron chi connectivity index (χ3n) is 4.87. The number of allylic oxidation sites excluding steroid dienone is 1. The standard InChI is InChI=1S/C24H20N2O2S/c1-2-21(19-11-12-29-15-19)24(18-8-9-22-20(13-18)14-25-26-22)17-6-3-16(4-7-17)5-10-23(27)28/h3-15H,2H2,1H3,(H,25,26)(H,27,28)/b10-5+,24-21+. The molecule has 0 saturated heterocycles. The zero-order valence-electron chi connectivity index (χ0n) is 15.9. The van der Waals surface area contributed by atoms with E-state index in [0.717, 1.165) is 40.1 Å². The van der Waals surface area contributed by atoms with Crippen molar-refractivity contribution >= 4 is 45.4 Å². The smallest absolute Gasteiger partial charge is 0.328 e. The molecule has 0 radical (unpaired) electrons. The highest BCUT2D eigenvalue weighted by Crippen LogP contribution is 2.36. The monoisotopic (exact) mass is 400 g/mol. The number of nitrogens with zero attached hydrogens (tertiary/aromatic N) is 1. The van der Waals surface area contributed by atoms with E-state index in [1.807, 2.05) is 18.3 Å².